The number of halogens is 1. The third-order valence-corrected chi connectivity index (χ3v) is 7.93. The summed E-state index contributed by atoms with van der Waals surface area (Å²) in [5.41, 5.74) is 5.57. The van der Waals surface area contributed by atoms with Crippen LogP contribution in [-0.2, 0) is 6.42 Å². The second-order valence-corrected chi connectivity index (χ2v) is 10.4. The van der Waals surface area contributed by atoms with Gasteiger partial charge in [-0.3, -0.25) is 9.80 Å². The zero-order chi connectivity index (χ0) is 23.5. The van der Waals surface area contributed by atoms with Crippen molar-refractivity contribution in [2.75, 3.05) is 57.3 Å². The lowest BCUT2D eigenvalue weighted by atomic mass is 10.0. The van der Waals surface area contributed by atoms with Crippen molar-refractivity contribution >= 4 is 17.3 Å². The first-order valence-corrected chi connectivity index (χ1v) is 13.1. The number of benzene rings is 2. The van der Waals surface area contributed by atoms with Crippen LogP contribution in [0.1, 0.15) is 43.4 Å². The summed E-state index contributed by atoms with van der Waals surface area (Å²) in [5, 5.41) is 3.82. The second kappa shape index (κ2) is 10.6. The summed E-state index contributed by atoms with van der Waals surface area (Å²) >= 11 is 0. The van der Waals surface area contributed by atoms with E-state index in [4.69, 9.17) is 0 Å². The molecule has 0 saturated carbocycles. The molecule has 2 saturated heterocycles. The Labute approximate surface area is 204 Å². The lowest BCUT2D eigenvalue weighted by Crippen LogP contribution is -2.51. The summed E-state index contributed by atoms with van der Waals surface area (Å²) in [6.45, 7) is 13.8. The van der Waals surface area contributed by atoms with Crippen molar-refractivity contribution in [3.05, 3.63) is 65.0 Å². The van der Waals surface area contributed by atoms with Gasteiger partial charge in [0, 0.05) is 76.5 Å². The molecule has 2 aromatic carbocycles. The van der Waals surface area contributed by atoms with E-state index in [9.17, 15) is 4.39 Å². The van der Waals surface area contributed by atoms with Crippen molar-refractivity contribution in [2.45, 2.75) is 45.2 Å². The van der Waals surface area contributed by atoms with Crippen LogP contribution in [0, 0.1) is 5.82 Å². The molecule has 5 rings (SSSR count). The number of hydrogen-bond acceptors (Lipinski definition) is 4. The molecule has 2 aromatic rings. The summed E-state index contributed by atoms with van der Waals surface area (Å²) in [5.74, 6) is -0.0905. The molecule has 1 aliphatic carbocycles. The smallest absolute Gasteiger partial charge is 0.127 e. The number of nitrogens with one attached hydrogen (secondary N) is 1. The van der Waals surface area contributed by atoms with Gasteiger partial charge < -0.3 is 10.2 Å². The predicted molar refractivity (Wildman–Crippen MR) is 141 cm³/mol. The van der Waals surface area contributed by atoms with Gasteiger partial charge in [0.05, 0.1) is 0 Å². The van der Waals surface area contributed by atoms with E-state index in [0.29, 0.717) is 18.5 Å². The van der Waals surface area contributed by atoms with Gasteiger partial charge in [-0.1, -0.05) is 30.3 Å². The Morgan fingerprint density at radius 2 is 1.74 bits per heavy atom. The van der Waals surface area contributed by atoms with E-state index >= 15 is 0 Å². The second-order valence-electron chi connectivity index (χ2n) is 10.4. The summed E-state index contributed by atoms with van der Waals surface area (Å²) in [7, 11) is 0. The molecule has 0 amide bonds. The van der Waals surface area contributed by atoms with Gasteiger partial charge in [0.15, 0.2) is 0 Å². The number of piperazine rings is 1. The highest BCUT2D eigenvalue weighted by Gasteiger charge is 2.22. The van der Waals surface area contributed by atoms with Crippen molar-refractivity contribution < 1.29 is 4.39 Å². The Kier molecular flexibility index (Phi) is 7.33. The third kappa shape index (κ3) is 5.37. The fraction of sp³-hybridized carbons (Fsp3) is 0.517. The Bertz CT molecular complexity index is 1000. The van der Waals surface area contributed by atoms with Crippen molar-refractivity contribution in [3.63, 3.8) is 0 Å². The number of nitrogens with zero attached hydrogens (tertiary/aromatic N) is 3. The zero-order valence-corrected chi connectivity index (χ0v) is 20.8. The maximum Gasteiger partial charge on any atom is 0.127 e. The molecule has 0 unspecified atom stereocenters. The normalized spacial score (nSPS) is 20.1. The molecular weight excluding hydrogens is 423 g/mol. The molecule has 2 fully saturated rings. The molecule has 182 valence electrons. The highest BCUT2D eigenvalue weighted by Crippen LogP contribution is 2.34. The van der Waals surface area contributed by atoms with Crippen molar-refractivity contribution in [1.29, 1.82) is 0 Å². The van der Waals surface area contributed by atoms with E-state index < -0.39 is 0 Å². The molecular formula is C29H39FN4. The van der Waals surface area contributed by atoms with Gasteiger partial charge in [-0.25, -0.2) is 4.39 Å². The van der Waals surface area contributed by atoms with Crippen LogP contribution in [0.15, 0.2) is 42.5 Å². The Morgan fingerprint density at radius 3 is 2.47 bits per heavy atom. The molecule has 2 heterocycles. The minimum atomic E-state index is -0.0905. The van der Waals surface area contributed by atoms with Gasteiger partial charge >= 0.3 is 0 Å². The summed E-state index contributed by atoms with van der Waals surface area (Å²) in [6, 6.07) is 15.5. The van der Waals surface area contributed by atoms with Crippen LogP contribution in [0.5, 0.6) is 0 Å². The molecule has 0 spiro atoms. The SMILES string of the molecule is CC(C)N1CCN(CCNC2CCN(c3cccc(C4=Cc5cccc(F)c5C4)c3)CC2)CC1. The topological polar surface area (TPSA) is 21.8 Å². The molecule has 0 bridgehead atoms. The molecule has 34 heavy (non-hydrogen) atoms. The van der Waals surface area contributed by atoms with Crippen molar-refractivity contribution in [2.24, 2.45) is 0 Å². The van der Waals surface area contributed by atoms with Crippen LogP contribution in [0.2, 0.25) is 0 Å². The number of fused-ring (bicyclic) bond motifs is 1. The van der Waals surface area contributed by atoms with Crippen molar-refractivity contribution in [1.82, 2.24) is 15.1 Å². The highest BCUT2D eigenvalue weighted by molar-refractivity contribution is 5.89. The molecule has 0 aromatic heterocycles. The number of rotatable bonds is 7. The van der Waals surface area contributed by atoms with Gasteiger partial charge in [-0.05, 0) is 67.2 Å². The van der Waals surface area contributed by atoms with E-state index in [1.165, 1.54) is 55.8 Å². The van der Waals surface area contributed by atoms with Crippen LogP contribution < -0.4 is 10.2 Å². The Hall–Kier alpha value is -2.21. The number of anilines is 1. The molecule has 0 radical (unpaired) electrons. The average Bonchev–Trinajstić information content (AvgIpc) is 3.31. The van der Waals surface area contributed by atoms with E-state index in [2.05, 4.69) is 64.2 Å². The number of allylic oxidation sites excluding steroid dienone is 1. The first-order chi connectivity index (χ1) is 16.6. The monoisotopic (exact) mass is 462 g/mol. The van der Waals surface area contributed by atoms with Gasteiger partial charge in [-0.2, -0.15) is 0 Å². The predicted octanol–water partition coefficient (Wildman–Crippen LogP) is 4.51. The largest absolute Gasteiger partial charge is 0.371 e. The molecule has 4 nitrogen and oxygen atoms in total. The summed E-state index contributed by atoms with van der Waals surface area (Å²) < 4.78 is 14.2. The minimum Gasteiger partial charge on any atom is -0.371 e. The molecule has 2 aliphatic heterocycles. The quantitative estimate of drug-likeness (QED) is 0.654. The number of hydrogen-bond donors (Lipinski definition) is 1. The molecule has 3 aliphatic rings. The summed E-state index contributed by atoms with van der Waals surface area (Å²) in [4.78, 5) is 7.69. The lowest BCUT2D eigenvalue weighted by molar-refractivity contribution is 0.108. The van der Waals surface area contributed by atoms with Crippen LogP contribution in [0.3, 0.4) is 0 Å². The van der Waals surface area contributed by atoms with Gasteiger partial charge in [0.1, 0.15) is 5.82 Å². The van der Waals surface area contributed by atoms with Gasteiger partial charge in [0.25, 0.3) is 0 Å². The van der Waals surface area contributed by atoms with Gasteiger partial charge in [0.2, 0.25) is 0 Å². The first kappa shape index (κ1) is 23.5. The Balaban J connectivity index is 1.08. The summed E-state index contributed by atoms with van der Waals surface area (Å²) in [6.07, 6.45) is 5.20. The average molecular weight is 463 g/mol. The molecule has 5 heteroatoms. The number of piperidine rings is 1. The maximum atomic E-state index is 14.2. The van der Waals surface area contributed by atoms with E-state index in [0.717, 1.165) is 37.3 Å². The Morgan fingerprint density at radius 1 is 0.971 bits per heavy atom. The van der Waals surface area contributed by atoms with Crippen LogP contribution in [0.4, 0.5) is 10.1 Å². The molecule has 0 atom stereocenters. The standard InChI is InChI=1S/C29H39FN4/c1-22(2)33-17-15-32(16-18-33)14-11-31-26-9-12-34(13-10-26)27-7-3-5-23(20-27)25-19-24-6-4-8-29(30)28(24)21-25/h3-8,19-20,22,26,31H,9-18,21H2,1-2H3. The van der Waals surface area contributed by atoms with Crippen LogP contribution >= 0.6 is 0 Å². The van der Waals surface area contributed by atoms with Crippen molar-refractivity contribution in [3.8, 4) is 0 Å². The van der Waals surface area contributed by atoms with E-state index in [1.54, 1.807) is 12.1 Å². The van der Waals surface area contributed by atoms with E-state index in [-0.39, 0.29) is 5.82 Å². The third-order valence-electron chi connectivity index (χ3n) is 7.93. The minimum absolute atomic E-state index is 0.0905. The fourth-order valence-electron chi connectivity index (χ4n) is 5.69. The zero-order valence-electron chi connectivity index (χ0n) is 20.8. The molecule has 1 N–H and O–H groups in total. The lowest BCUT2D eigenvalue weighted by Gasteiger charge is -2.37. The fourth-order valence-corrected chi connectivity index (χ4v) is 5.69. The van der Waals surface area contributed by atoms with Crippen LogP contribution in [-0.4, -0.2) is 74.2 Å². The van der Waals surface area contributed by atoms with E-state index in [1.807, 2.05) is 6.07 Å². The maximum absolute atomic E-state index is 14.2. The highest BCUT2D eigenvalue weighted by atomic mass is 19.1. The first-order valence-electron chi connectivity index (χ1n) is 13.1. The van der Waals surface area contributed by atoms with Gasteiger partial charge in [-0.15, -0.1) is 0 Å². The van der Waals surface area contributed by atoms with Crippen LogP contribution in [0.25, 0.3) is 11.6 Å².